The molecule has 1 rings (SSSR count). The second-order valence-corrected chi connectivity index (χ2v) is 2.70. The summed E-state index contributed by atoms with van der Waals surface area (Å²) in [6.07, 6.45) is 0.820. The van der Waals surface area contributed by atoms with E-state index in [2.05, 4.69) is 9.68 Å². The number of carboxylic acids is 1. The van der Waals surface area contributed by atoms with Crippen molar-refractivity contribution in [3.05, 3.63) is 21.7 Å². The predicted molar refractivity (Wildman–Crippen MR) is 44.7 cm³/mol. The smallest absolute Gasteiger partial charge is 0.360 e. The topological polar surface area (TPSA) is 83.3 Å². The zero-order valence-electron chi connectivity index (χ0n) is 7.29. The number of aliphatic carboxylic acids is 1. The van der Waals surface area contributed by atoms with E-state index in [4.69, 9.17) is 5.11 Å². The molecular formula is C8H11NO4. The summed E-state index contributed by atoms with van der Waals surface area (Å²) in [5.74, 6) is -0.914. The molecule has 0 amide bonds. The number of carbonyl (C=O) groups is 1. The average molecular weight is 185 g/mol. The minimum atomic E-state index is -0.914. The highest BCUT2D eigenvalue weighted by Crippen LogP contribution is 2.04. The number of rotatable bonds is 4. The van der Waals surface area contributed by atoms with E-state index in [-0.39, 0.29) is 12.8 Å². The molecule has 1 aromatic rings. The zero-order chi connectivity index (χ0) is 9.84. The van der Waals surface area contributed by atoms with Crippen LogP contribution in [-0.4, -0.2) is 16.2 Å². The third-order valence-corrected chi connectivity index (χ3v) is 1.82. The molecule has 13 heavy (non-hydrogen) atoms. The molecule has 0 saturated heterocycles. The summed E-state index contributed by atoms with van der Waals surface area (Å²) in [4.78, 5) is 21.3. The molecule has 0 spiro atoms. The Morgan fingerprint density at radius 1 is 1.62 bits per heavy atom. The number of aromatic nitrogens is 1. The van der Waals surface area contributed by atoms with Crippen molar-refractivity contribution in [2.45, 2.75) is 26.2 Å². The zero-order valence-corrected chi connectivity index (χ0v) is 7.29. The van der Waals surface area contributed by atoms with Gasteiger partial charge in [-0.3, -0.25) is 4.79 Å². The number of hydrogen-bond acceptors (Lipinski definition) is 3. The molecule has 1 aromatic heterocycles. The summed E-state index contributed by atoms with van der Waals surface area (Å²) in [5.41, 5.74) is 0.675. The van der Waals surface area contributed by atoms with Crippen molar-refractivity contribution in [2.75, 3.05) is 0 Å². The lowest BCUT2D eigenvalue weighted by Crippen LogP contribution is -2.07. The normalized spacial score (nSPS) is 10.2. The number of hydrogen-bond donors (Lipinski definition) is 2. The molecule has 5 heteroatoms. The molecular weight excluding hydrogens is 174 g/mol. The van der Waals surface area contributed by atoms with Crippen LogP contribution in [-0.2, 0) is 17.6 Å². The van der Waals surface area contributed by atoms with E-state index in [1.807, 2.05) is 6.92 Å². The highest BCUT2D eigenvalue weighted by Gasteiger charge is 2.11. The SMILES string of the molecule is CCc1[nH]oc(=O)c1CCC(=O)O. The van der Waals surface area contributed by atoms with Crippen LogP contribution in [0.4, 0.5) is 0 Å². The van der Waals surface area contributed by atoms with Gasteiger partial charge in [-0.05, 0) is 12.8 Å². The largest absolute Gasteiger partial charge is 0.481 e. The van der Waals surface area contributed by atoms with E-state index in [0.29, 0.717) is 17.7 Å². The second kappa shape index (κ2) is 3.93. The van der Waals surface area contributed by atoms with Crippen molar-refractivity contribution in [3.63, 3.8) is 0 Å². The van der Waals surface area contributed by atoms with E-state index in [1.54, 1.807) is 0 Å². The van der Waals surface area contributed by atoms with Crippen LogP contribution >= 0.6 is 0 Å². The summed E-state index contributed by atoms with van der Waals surface area (Å²) in [5, 5.41) is 10.9. The summed E-state index contributed by atoms with van der Waals surface area (Å²) in [7, 11) is 0. The van der Waals surface area contributed by atoms with Crippen LogP contribution in [0.5, 0.6) is 0 Å². The van der Waals surface area contributed by atoms with Crippen LogP contribution in [0.1, 0.15) is 24.6 Å². The molecule has 1 heterocycles. The van der Waals surface area contributed by atoms with Gasteiger partial charge in [-0.25, -0.2) is 9.95 Å². The first-order valence-corrected chi connectivity index (χ1v) is 4.06. The van der Waals surface area contributed by atoms with Crippen LogP contribution in [0.3, 0.4) is 0 Å². The highest BCUT2D eigenvalue weighted by atomic mass is 16.5. The van der Waals surface area contributed by atoms with Crippen molar-refractivity contribution in [3.8, 4) is 0 Å². The van der Waals surface area contributed by atoms with Crippen LogP contribution in [0.25, 0.3) is 0 Å². The summed E-state index contributed by atoms with van der Waals surface area (Å²) in [6, 6.07) is 0. The van der Waals surface area contributed by atoms with Crippen molar-refractivity contribution >= 4 is 5.97 Å². The standard InChI is InChI=1S/C8H11NO4/c1-2-6-5(3-4-7(10)11)8(12)13-9-6/h9H,2-4H2,1H3,(H,10,11). The molecule has 72 valence electrons. The summed E-state index contributed by atoms with van der Waals surface area (Å²) >= 11 is 0. The molecule has 0 unspecified atom stereocenters. The molecule has 0 aliphatic carbocycles. The Bertz CT molecular complexity index is 349. The second-order valence-electron chi connectivity index (χ2n) is 2.70. The third kappa shape index (κ3) is 2.21. The fraction of sp³-hybridized carbons (Fsp3) is 0.500. The van der Waals surface area contributed by atoms with Gasteiger partial charge >= 0.3 is 11.6 Å². The van der Waals surface area contributed by atoms with E-state index in [1.165, 1.54) is 0 Å². The maximum Gasteiger partial charge on any atom is 0.360 e. The molecule has 0 fully saturated rings. The molecule has 0 atom stereocenters. The fourth-order valence-corrected chi connectivity index (χ4v) is 1.12. The maximum absolute atomic E-state index is 11.0. The number of carboxylic acid groups (broad SMARTS) is 1. The number of H-pyrrole nitrogens is 1. The minimum Gasteiger partial charge on any atom is -0.481 e. The van der Waals surface area contributed by atoms with Crippen molar-refractivity contribution < 1.29 is 14.4 Å². The van der Waals surface area contributed by atoms with Crippen LogP contribution < -0.4 is 5.63 Å². The lowest BCUT2D eigenvalue weighted by atomic mass is 10.1. The Labute approximate surface area is 74.3 Å². The fourth-order valence-electron chi connectivity index (χ4n) is 1.12. The van der Waals surface area contributed by atoms with Gasteiger partial charge in [0.2, 0.25) is 0 Å². The van der Waals surface area contributed by atoms with Gasteiger partial charge < -0.3 is 9.63 Å². The molecule has 5 nitrogen and oxygen atoms in total. The number of aromatic amines is 1. The molecule has 0 bridgehead atoms. The molecule has 0 aromatic carbocycles. The van der Waals surface area contributed by atoms with E-state index in [0.717, 1.165) is 0 Å². The molecule has 0 saturated carbocycles. The van der Waals surface area contributed by atoms with Crippen molar-refractivity contribution in [1.29, 1.82) is 0 Å². The van der Waals surface area contributed by atoms with Gasteiger partial charge in [0.05, 0.1) is 11.3 Å². The third-order valence-electron chi connectivity index (χ3n) is 1.82. The molecule has 0 radical (unpaired) electrons. The quantitative estimate of drug-likeness (QED) is 0.717. The molecule has 0 aliphatic rings. The van der Waals surface area contributed by atoms with Crippen LogP contribution in [0.2, 0.25) is 0 Å². The summed E-state index contributed by atoms with van der Waals surface area (Å²) < 4.78 is 4.55. The van der Waals surface area contributed by atoms with Crippen LogP contribution in [0, 0.1) is 0 Å². The Hall–Kier alpha value is -1.52. The lowest BCUT2D eigenvalue weighted by molar-refractivity contribution is -0.136. The Morgan fingerprint density at radius 3 is 2.85 bits per heavy atom. The van der Waals surface area contributed by atoms with E-state index < -0.39 is 11.6 Å². The Morgan fingerprint density at radius 2 is 2.31 bits per heavy atom. The van der Waals surface area contributed by atoms with Gasteiger partial charge in [-0.2, -0.15) is 0 Å². The molecule has 2 N–H and O–H groups in total. The van der Waals surface area contributed by atoms with Gasteiger partial charge in [0.25, 0.3) is 0 Å². The Balaban J connectivity index is 2.79. The lowest BCUT2D eigenvalue weighted by Gasteiger charge is -1.94. The van der Waals surface area contributed by atoms with Gasteiger partial charge in [0.15, 0.2) is 0 Å². The first-order valence-electron chi connectivity index (χ1n) is 4.06. The molecule has 0 aliphatic heterocycles. The summed E-state index contributed by atoms with van der Waals surface area (Å²) in [6.45, 7) is 1.87. The van der Waals surface area contributed by atoms with Crippen molar-refractivity contribution in [2.24, 2.45) is 0 Å². The maximum atomic E-state index is 11.0. The van der Waals surface area contributed by atoms with E-state index in [9.17, 15) is 9.59 Å². The number of nitrogens with one attached hydrogen (secondary N) is 1. The van der Waals surface area contributed by atoms with E-state index >= 15 is 0 Å². The van der Waals surface area contributed by atoms with Crippen LogP contribution in [0.15, 0.2) is 9.32 Å². The van der Waals surface area contributed by atoms with Crippen molar-refractivity contribution in [1.82, 2.24) is 5.16 Å². The first-order chi connectivity index (χ1) is 6.15. The van der Waals surface area contributed by atoms with Gasteiger partial charge in [-0.15, -0.1) is 0 Å². The van der Waals surface area contributed by atoms with Gasteiger partial charge in [-0.1, -0.05) is 6.92 Å². The minimum absolute atomic E-state index is 0.0460. The predicted octanol–water partition coefficient (Wildman–Crippen LogP) is 0.548. The Kier molecular flexibility index (Phi) is 2.89. The number of aryl methyl sites for hydroxylation is 1. The average Bonchev–Trinajstić information content (AvgIpc) is 2.43. The van der Waals surface area contributed by atoms with Gasteiger partial charge in [0.1, 0.15) is 0 Å². The monoisotopic (exact) mass is 185 g/mol. The highest BCUT2D eigenvalue weighted by molar-refractivity contribution is 5.67. The van der Waals surface area contributed by atoms with Gasteiger partial charge in [0, 0.05) is 6.42 Å². The first kappa shape index (κ1) is 9.57.